The number of aryl methyl sites for hydroxylation is 1. The summed E-state index contributed by atoms with van der Waals surface area (Å²) in [5.41, 5.74) is 8.90. The molecule has 0 amide bonds. The molecule has 0 aliphatic heterocycles. The zero-order valence-corrected chi connectivity index (χ0v) is 12.6. The van der Waals surface area contributed by atoms with Gasteiger partial charge in [0.2, 0.25) is 0 Å². The molecule has 19 heavy (non-hydrogen) atoms. The highest BCUT2D eigenvalue weighted by Crippen LogP contribution is 2.29. The third-order valence-corrected chi connectivity index (χ3v) is 3.76. The van der Waals surface area contributed by atoms with Crippen molar-refractivity contribution in [3.63, 3.8) is 0 Å². The molecule has 1 aromatic rings. The maximum atomic E-state index is 9.32. The molecule has 0 aromatic heterocycles. The predicted octanol–water partition coefficient (Wildman–Crippen LogP) is 2.48. The molecule has 2 atom stereocenters. The Morgan fingerprint density at radius 2 is 1.89 bits per heavy atom. The van der Waals surface area contributed by atoms with E-state index in [-0.39, 0.29) is 18.7 Å². The molecule has 1 rings (SSSR count). The molecule has 0 heterocycles. The highest BCUT2D eigenvalue weighted by Gasteiger charge is 2.28. The van der Waals surface area contributed by atoms with Crippen LogP contribution in [0.2, 0.25) is 0 Å². The van der Waals surface area contributed by atoms with E-state index < -0.39 is 0 Å². The fourth-order valence-electron chi connectivity index (χ4n) is 2.63. The largest absolute Gasteiger partial charge is 0.395 e. The maximum Gasteiger partial charge on any atom is 0.0558 e. The van der Waals surface area contributed by atoms with Gasteiger partial charge < -0.3 is 10.8 Å². The summed E-state index contributed by atoms with van der Waals surface area (Å²) < 4.78 is 0. The first kappa shape index (κ1) is 16.2. The zero-order valence-electron chi connectivity index (χ0n) is 12.6. The van der Waals surface area contributed by atoms with Gasteiger partial charge in [0, 0.05) is 18.6 Å². The molecular weight excluding hydrogens is 236 g/mol. The van der Waals surface area contributed by atoms with Crippen LogP contribution in [0.4, 0.5) is 0 Å². The topological polar surface area (TPSA) is 49.5 Å². The second-order valence-corrected chi connectivity index (χ2v) is 5.43. The van der Waals surface area contributed by atoms with Gasteiger partial charge in [-0.05, 0) is 38.3 Å². The molecule has 0 radical (unpaired) electrons. The zero-order chi connectivity index (χ0) is 14.4. The van der Waals surface area contributed by atoms with Gasteiger partial charge in [-0.1, -0.05) is 31.2 Å². The van der Waals surface area contributed by atoms with Crippen LogP contribution in [-0.2, 0) is 0 Å². The van der Waals surface area contributed by atoms with Crippen molar-refractivity contribution in [1.29, 1.82) is 0 Å². The molecule has 0 saturated heterocycles. The van der Waals surface area contributed by atoms with Crippen LogP contribution in [0.25, 0.3) is 0 Å². The van der Waals surface area contributed by atoms with Crippen LogP contribution in [0.3, 0.4) is 0 Å². The van der Waals surface area contributed by atoms with Crippen molar-refractivity contribution in [1.82, 2.24) is 4.90 Å². The average molecular weight is 264 g/mol. The average Bonchev–Trinajstić information content (AvgIpc) is 2.39. The molecule has 0 fully saturated rings. The van der Waals surface area contributed by atoms with Gasteiger partial charge in [-0.3, -0.25) is 4.90 Å². The lowest BCUT2D eigenvalue weighted by atomic mass is 9.92. The lowest BCUT2D eigenvalue weighted by Crippen LogP contribution is -2.45. The summed E-state index contributed by atoms with van der Waals surface area (Å²) in [4.78, 5) is 2.30. The van der Waals surface area contributed by atoms with E-state index in [1.165, 1.54) is 11.1 Å². The van der Waals surface area contributed by atoms with Gasteiger partial charge in [0.25, 0.3) is 0 Å². The monoisotopic (exact) mass is 264 g/mol. The Kier molecular flexibility index (Phi) is 6.49. The minimum absolute atomic E-state index is 0.0788. The van der Waals surface area contributed by atoms with E-state index in [9.17, 15) is 5.11 Å². The van der Waals surface area contributed by atoms with Crippen LogP contribution in [-0.4, -0.2) is 35.2 Å². The highest BCUT2D eigenvalue weighted by molar-refractivity contribution is 5.30. The standard InChI is InChI=1S/C16H28N2O/c1-5-15(17)16(18(10-11-19)12(2)3)14-9-7-6-8-13(14)4/h6-9,12,15-16,19H,5,10-11,17H2,1-4H3. The summed E-state index contributed by atoms with van der Waals surface area (Å²) in [6.07, 6.45) is 0.924. The molecule has 108 valence electrons. The van der Waals surface area contributed by atoms with Gasteiger partial charge in [0.1, 0.15) is 0 Å². The van der Waals surface area contributed by atoms with Gasteiger partial charge in [-0.25, -0.2) is 0 Å². The minimum atomic E-state index is 0.0788. The number of hydrogen-bond donors (Lipinski definition) is 2. The lowest BCUT2D eigenvalue weighted by Gasteiger charge is -2.38. The highest BCUT2D eigenvalue weighted by atomic mass is 16.3. The van der Waals surface area contributed by atoms with Gasteiger partial charge in [-0.15, -0.1) is 0 Å². The number of benzene rings is 1. The Bertz CT molecular complexity index is 379. The number of nitrogens with zero attached hydrogens (tertiary/aromatic N) is 1. The van der Waals surface area contributed by atoms with Crippen LogP contribution in [0.5, 0.6) is 0 Å². The van der Waals surface area contributed by atoms with Crippen molar-refractivity contribution in [2.45, 2.75) is 52.2 Å². The maximum absolute atomic E-state index is 9.32. The first-order valence-electron chi connectivity index (χ1n) is 7.20. The number of rotatable bonds is 7. The molecular formula is C16H28N2O. The third kappa shape index (κ3) is 4.03. The molecule has 3 nitrogen and oxygen atoms in total. The fraction of sp³-hybridized carbons (Fsp3) is 0.625. The second kappa shape index (κ2) is 7.63. The first-order valence-corrected chi connectivity index (χ1v) is 7.20. The number of aliphatic hydroxyl groups excluding tert-OH is 1. The van der Waals surface area contributed by atoms with Crippen molar-refractivity contribution in [3.05, 3.63) is 35.4 Å². The summed E-state index contributed by atoms with van der Waals surface area (Å²) in [6, 6.07) is 9.00. The van der Waals surface area contributed by atoms with Gasteiger partial charge in [0.15, 0.2) is 0 Å². The van der Waals surface area contributed by atoms with Gasteiger partial charge in [0.05, 0.1) is 12.6 Å². The molecule has 3 N–H and O–H groups in total. The predicted molar refractivity (Wildman–Crippen MR) is 81.1 cm³/mol. The van der Waals surface area contributed by atoms with Crippen molar-refractivity contribution in [2.24, 2.45) is 5.73 Å². The van der Waals surface area contributed by atoms with Crippen molar-refractivity contribution >= 4 is 0 Å². The Labute approximate surface area is 117 Å². The number of nitrogens with two attached hydrogens (primary N) is 1. The Hall–Kier alpha value is -0.900. The van der Waals surface area contributed by atoms with Crippen LogP contribution in [0, 0.1) is 6.92 Å². The Balaban J connectivity index is 3.17. The molecule has 0 bridgehead atoms. The van der Waals surface area contributed by atoms with E-state index >= 15 is 0 Å². The number of aliphatic hydroxyl groups is 1. The molecule has 0 aliphatic carbocycles. The Morgan fingerprint density at radius 1 is 1.26 bits per heavy atom. The van der Waals surface area contributed by atoms with Gasteiger partial charge >= 0.3 is 0 Å². The van der Waals surface area contributed by atoms with Crippen LogP contribution < -0.4 is 5.73 Å². The quantitative estimate of drug-likeness (QED) is 0.795. The molecule has 1 aromatic carbocycles. The third-order valence-electron chi connectivity index (χ3n) is 3.76. The van der Waals surface area contributed by atoms with Gasteiger partial charge in [-0.2, -0.15) is 0 Å². The van der Waals surface area contributed by atoms with E-state index in [2.05, 4.69) is 56.9 Å². The van der Waals surface area contributed by atoms with Crippen molar-refractivity contribution in [3.8, 4) is 0 Å². The van der Waals surface area contributed by atoms with Crippen LogP contribution in [0.15, 0.2) is 24.3 Å². The fourth-order valence-corrected chi connectivity index (χ4v) is 2.63. The second-order valence-electron chi connectivity index (χ2n) is 5.43. The summed E-state index contributed by atoms with van der Waals surface area (Å²) in [5, 5.41) is 9.32. The summed E-state index contributed by atoms with van der Waals surface area (Å²) in [6.45, 7) is 9.38. The smallest absolute Gasteiger partial charge is 0.0558 e. The van der Waals surface area contributed by atoms with Crippen molar-refractivity contribution in [2.75, 3.05) is 13.2 Å². The lowest BCUT2D eigenvalue weighted by molar-refractivity contribution is 0.101. The van der Waals surface area contributed by atoms with E-state index in [1.54, 1.807) is 0 Å². The summed E-state index contributed by atoms with van der Waals surface area (Å²) >= 11 is 0. The Morgan fingerprint density at radius 3 is 2.37 bits per heavy atom. The van der Waals surface area contributed by atoms with Crippen molar-refractivity contribution < 1.29 is 5.11 Å². The van der Waals surface area contributed by atoms with E-state index in [0.29, 0.717) is 12.6 Å². The molecule has 0 aliphatic rings. The first-order chi connectivity index (χ1) is 9.02. The molecule has 0 spiro atoms. The SMILES string of the molecule is CCC(N)C(c1ccccc1C)N(CCO)C(C)C. The summed E-state index contributed by atoms with van der Waals surface area (Å²) in [7, 11) is 0. The normalized spacial score (nSPS) is 14.9. The number of hydrogen-bond acceptors (Lipinski definition) is 3. The minimum Gasteiger partial charge on any atom is -0.395 e. The molecule has 0 saturated carbocycles. The van der Waals surface area contributed by atoms with Crippen LogP contribution >= 0.6 is 0 Å². The van der Waals surface area contributed by atoms with E-state index in [1.807, 2.05) is 0 Å². The van der Waals surface area contributed by atoms with Crippen LogP contribution in [0.1, 0.15) is 44.4 Å². The van der Waals surface area contributed by atoms with E-state index in [0.717, 1.165) is 6.42 Å². The molecule has 3 heteroatoms. The van der Waals surface area contributed by atoms with E-state index in [4.69, 9.17) is 5.73 Å². The summed E-state index contributed by atoms with van der Waals surface area (Å²) in [5.74, 6) is 0. The molecule has 2 unspecified atom stereocenters.